The average molecular weight is 425 g/mol. The molecule has 1 N–H and O–H groups in total. The minimum atomic E-state index is 0.0273. The van der Waals surface area contributed by atoms with Gasteiger partial charge in [-0.25, -0.2) is 4.98 Å². The third kappa shape index (κ3) is 4.72. The first-order chi connectivity index (χ1) is 14.5. The summed E-state index contributed by atoms with van der Waals surface area (Å²) in [4.78, 5) is 21.7. The highest BCUT2D eigenvalue weighted by Crippen LogP contribution is 2.31. The van der Waals surface area contributed by atoms with Crippen LogP contribution in [0.1, 0.15) is 33.5 Å². The molecule has 2 aromatic carbocycles. The van der Waals surface area contributed by atoms with Crippen LogP contribution in [0.2, 0.25) is 0 Å². The highest BCUT2D eigenvalue weighted by atomic mass is 32.1. The SMILES string of the molecule is Cc1ccc(C(=O)N(CCC[NH+]2CCOCC2)c2nc3cc(C)c(C)cc3s2)cc1. The summed E-state index contributed by atoms with van der Waals surface area (Å²) in [6, 6.07) is 12.1. The van der Waals surface area contributed by atoms with Gasteiger partial charge < -0.3 is 9.64 Å². The van der Waals surface area contributed by atoms with Gasteiger partial charge in [-0.3, -0.25) is 9.69 Å². The van der Waals surface area contributed by atoms with Gasteiger partial charge in [0.2, 0.25) is 0 Å². The molecule has 0 spiro atoms. The van der Waals surface area contributed by atoms with E-state index in [2.05, 4.69) is 26.0 Å². The second kappa shape index (κ2) is 9.25. The molecule has 1 amide bonds. The van der Waals surface area contributed by atoms with Gasteiger partial charge in [0, 0.05) is 18.5 Å². The normalized spacial score (nSPS) is 14.9. The number of aromatic nitrogens is 1. The molecule has 4 rings (SSSR count). The second-order valence-electron chi connectivity index (χ2n) is 8.19. The molecule has 1 fully saturated rings. The van der Waals surface area contributed by atoms with E-state index in [0.717, 1.165) is 60.2 Å². The van der Waals surface area contributed by atoms with Gasteiger partial charge in [-0.1, -0.05) is 29.0 Å². The molecular weight excluding hydrogens is 394 g/mol. The number of thiazole rings is 1. The Kier molecular flexibility index (Phi) is 6.46. The Morgan fingerprint density at radius 2 is 1.80 bits per heavy atom. The predicted octanol–water partition coefficient (Wildman–Crippen LogP) is 3.17. The fourth-order valence-electron chi connectivity index (χ4n) is 3.82. The molecule has 6 heteroatoms. The van der Waals surface area contributed by atoms with Crippen molar-refractivity contribution in [3.8, 4) is 0 Å². The van der Waals surface area contributed by atoms with Crippen LogP contribution in [-0.2, 0) is 4.74 Å². The molecule has 0 bridgehead atoms. The lowest BCUT2D eigenvalue weighted by Gasteiger charge is -2.25. The maximum atomic E-state index is 13.4. The zero-order valence-corrected chi connectivity index (χ0v) is 18.8. The van der Waals surface area contributed by atoms with Crippen molar-refractivity contribution in [3.05, 3.63) is 58.7 Å². The predicted molar refractivity (Wildman–Crippen MR) is 123 cm³/mol. The Bertz CT molecular complexity index is 984. The number of ether oxygens (including phenoxy) is 1. The third-order valence-corrected chi connectivity index (χ3v) is 6.92. The van der Waals surface area contributed by atoms with Crippen molar-refractivity contribution in [1.82, 2.24) is 4.98 Å². The summed E-state index contributed by atoms with van der Waals surface area (Å²) in [7, 11) is 0. The summed E-state index contributed by atoms with van der Waals surface area (Å²) in [5.74, 6) is 0.0273. The molecule has 5 nitrogen and oxygen atoms in total. The molecule has 0 saturated carbocycles. The van der Waals surface area contributed by atoms with Gasteiger partial charge in [0.05, 0.1) is 30.0 Å². The Balaban J connectivity index is 1.58. The summed E-state index contributed by atoms with van der Waals surface area (Å²) >= 11 is 1.61. The average Bonchev–Trinajstić information content (AvgIpc) is 3.14. The molecule has 0 radical (unpaired) electrons. The number of amides is 1. The molecule has 3 aromatic rings. The number of anilines is 1. The number of carbonyl (C=O) groups excluding carboxylic acids is 1. The summed E-state index contributed by atoms with van der Waals surface area (Å²) in [5, 5.41) is 0.789. The van der Waals surface area contributed by atoms with Crippen molar-refractivity contribution in [2.45, 2.75) is 27.2 Å². The van der Waals surface area contributed by atoms with E-state index in [9.17, 15) is 4.79 Å². The Morgan fingerprint density at radius 3 is 2.53 bits per heavy atom. The molecule has 0 aliphatic carbocycles. The fourth-order valence-corrected chi connectivity index (χ4v) is 4.89. The number of fused-ring (bicyclic) bond motifs is 1. The van der Waals surface area contributed by atoms with Crippen LogP contribution in [-0.4, -0.2) is 50.3 Å². The van der Waals surface area contributed by atoms with Crippen LogP contribution < -0.4 is 9.80 Å². The van der Waals surface area contributed by atoms with Gasteiger partial charge in [-0.2, -0.15) is 0 Å². The highest BCUT2D eigenvalue weighted by molar-refractivity contribution is 7.22. The topological polar surface area (TPSA) is 46.9 Å². The van der Waals surface area contributed by atoms with Gasteiger partial charge in [-0.05, 0) is 56.2 Å². The third-order valence-electron chi connectivity index (χ3n) is 5.88. The standard InChI is InChI=1S/C24H29N3O2S/c1-17-5-7-20(8-6-17)23(28)27(10-4-9-26-11-13-29-14-12-26)24-25-21-15-18(2)19(3)16-22(21)30-24/h5-8,15-16H,4,9-14H2,1-3H3/p+1. The Morgan fingerprint density at radius 1 is 1.10 bits per heavy atom. The molecule has 1 aliphatic heterocycles. The van der Waals surface area contributed by atoms with E-state index >= 15 is 0 Å². The lowest BCUT2D eigenvalue weighted by molar-refractivity contribution is -0.908. The molecule has 2 heterocycles. The van der Waals surface area contributed by atoms with E-state index in [4.69, 9.17) is 9.72 Å². The Labute approximate surface area is 182 Å². The van der Waals surface area contributed by atoms with Crippen LogP contribution in [0, 0.1) is 20.8 Å². The van der Waals surface area contributed by atoms with Crippen molar-refractivity contribution in [2.24, 2.45) is 0 Å². The van der Waals surface area contributed by atoms with Gasteiger partial charge in [0.15, 0.2) is 5.13 Å². The van der Waals surface area contributed by atoms with E-state index in [1.54, 1.807) is 16.2 Å². The van der Waals surface area contributed by atoms with E-state index in [1.165, 1.54) is 11.1 Å². The number of carbonyl (C=O) groups is 1. The van der Waals surface area contributed by atoms with Gasteiger partial charge in [0.1, 0.15) is 13.1 Å². The summed E-state index contributed by atoms with van der Waals surface area (Å²) in [6.07, 6.45) is 0.945. The number of morpholine rings is 1. The monoisotopic (exact) mass is 424 g/mol. The maximum Gasteiger partial charge on any atom is 0.260 e. The zero-order chi connectivity index (χ0) is 21.1. The zero-order valence-electron chi connectivity index (χ0n) is 18.0. The van der Waals surface area contributed by atoms with Crippen molar-refractivity contribution in [1.29, 1.82) is 0 Å². The van der Waals surface area contributed by atoms with Crippen LogP contribution in [0.4, 0.5) is 5.13 Å². The van der Waals surface area contributed by atoms with Crippen LogP contribution in [0.3, 0.4) is 0 Å². The highest BCUT2D eigenvalue weighted by Gasteiger charge is 2.22. The number of nitrogens with one attached hydrogen (secondary N) is 1. The molecule has 1 saturated heterocycles. The minimum Gasteiger partial charge on any atom is -0.370 e. The molecule has 1 aliphatic rings. The molecular formula is C24H30N3O2S+. The fraction of sp³-hybridized carbons (Fsp3) is 0.417. The van der Waals surface area contributed by atoms with E-state index in [0.29, 0.717) is 12.1 Å². The first-order valence-corrected chi connectivity index (χ1v) is 11.5. The minimum absolute atomic E-state index is 0.0273. The van der Waals surface area contributed by atoms with Crippen LogP contribution in [0.5, 0.6) is 0 Å². The van der Waals surface area contributed by atoms with E-state index in [1.807, 2.05) is 36.1 Å². The number of rotatable bonds is 6. The van der Waals surface area contributed by atoms with E-state index < -0.39 is 0 Å². The summed E-state index contributed by atoms with van der Waals surface area (Å²) in [6.45, 7) is 11.7. The number of hydrogen-bond acceptors (Lipinski definition) is 4. The largest absolute Gasteiger partial charge is 0.370 e. The number of benzene rings is 2. The first kappa shape index (κ1) is 21.0. The number of nitrogens with zero attached hydrogens (tertiary/aromatic N) is 2. The van der Waals surface area contributed by atoms with Crippen molar-refractivity contribution in [3.63, 3.8) is 0 Å². The maximum absolute atomic E-state index is 13.4. The van der Waals surface area contributed by atoms with Gasteiger partial charge in [0.25, 0.3) is 5.91 Å². The van der Waals surface area contributed by atoms with Crippen LogP contribution in [0.25, 0.3) is 10.2 Å². The lowest BCUT2D eigenvalue weighted by Crippen LogP contribution is -3.14. The smallest absolute Gasteiger partial charge is 0.260 e. The number of hydrogen-bond donors (Lipinski definition) is 1. The van der Waals surface area contributed by atoms with Crippen molar-refractivity contribution >= 4 is 32.6 Å². The first-order valence-electron chi connectivity index (χ1n) is 10.7. The molecule has 1 aromatic heterocycles. The van der Waals surface area contributed by atoms with Crippen molar-refractivity contribution < 1.29 is 14.4 Å². The molecule has 0 atom stereocenters. The van der Waals surface area contributed by atoms with Crippen LogP contribution in [0.15, 0.2) is 36.4 Å². The Hall–Kier alpha value is -2.28. The quantitative estimate of drug-likeness (QED) is 0.661. The number of quaternary nitrogens is 1. The van der Waals surface area contributed by atoms with E-state index in [-0.39, 0.29) is 5.91 Å². The lowest BCUT2D eigenvalue weighted by atomic mass is 10.1. The van der Waals surface area contributed by atoms with Gasteiger partial charge in [-0.15, -0.1) is 0 Å². The summed E-state index contributed by atoms with van der Waals surface area (Å²) < 4.78 is 6.59. The molecule has 30 heavy (non-hydrogen) atoms. The molecule has 158 valence electrons. The van der Waals surface area contributed by atoms with Gasteiger partial charge >= 0.3 is 0 Å². The summed E-state index contributed by atoms with van der Waals surface area (Å²) in [5.41, 5.74) is 5.32. The van der Waals surface area contributed by atoms with Crippen molar-refractivity contribution in [2.75, 3.05) is 44.3 Å². The second-order valence-corrected chi connectivity index (χ2v) is 9.20. The number of aryl methyl sites for hydroxylation is 3. The van der Waals surface area contributed by atoms with Crippen LogP contribution >= 0.6 is 11.3 Å². The molecule has 0 unspecified atom stereocenters.